The number of nitrogens with one attached hydrogen (secondary N) is 2. The Morgan fingerprint density at radius 2 is 1.91 bits per heavy atom. The number of benzene rings is 1. The molecule has 2 amide bonds. The van der Waals surface area contributed by atoms with Crippen molar-refractivity contribution in [3.8, 4) is 0 Å². The Morgan fingerprint density at radius 3 is 2.57 bits per heavy atom. The molecule has 1 spiro atoms. The Morgan fingerprint density at radius 1 is 1.13 bits per heavy atom. The molecule has 122 valence electrons. The van der Waals surface area contributed by atoms with Gasteiger partial charge in [-0.3, -0.25) is 14.9 Å². The van der Waals surface area contributed by atoms with Crippen molar-refractivity contribution in [1.29, 1.82) is 0 Å². The van der Waals surface area contributed by atoms with Crippen LogP contribution in [0.15, 0.2) is 24.3 Å². The van der Waals surface area contributed by atoms with Crippen LogP contribution in [0, 0.1) is 0 Å². The van der Waals surface area contributed by atoms with E-state index in [-0.39, 0.29) is 17.7 Å². The molecule has 0 aromatic heterocycles. The summed E-state index contributed by atoms with van der Waals surface area (Å²) >= 11 is 0. The van der Waals surface area contributed by atoms with Crippen molar-refractivity contribution < 1.29 is 9.59 Å². The van der Waals surface area contributed by atoms with Crippen molar-refractivity contribution >= 4 is 17.5 Å². The SMILES string of the molecule is O=C1CCC(c2ccc(N3CCNCC34CCC4)cc2)C(=O)N1. The normalized spacial score (nSPS) is 26.8. The topological polar surface area (TPSA) is 61.4 Å². The number of amides is 2. The average molecular weight is 313 g/mol. The number of piperidine rings is 1. The predicted molar refractivity (Wildman–Crippen MR) is 88.4 cm³/mol. The summed E-state index contributed by atoms with van der Waals surface area (Å²) in [6.07, 6.45) is 4.87. The lowest BCUT2D eigenvalue weighted by Gasteiger charge is -2.54. The molecule has 1 saturated carbocycles. The fourth-order valence-electron chi connectivity index (χ4n) is 4.18. The molecule has 1 aromatic rings. The second-order valence-corrected chi connectivity index (χ2v) is 7.00. The highest BCUT2D eigenvalue weighted by molar-refractivity contribution is 6.00. The summed E-state index contributed by atoms with van der Waals surface area (Å²) in [5.74, 6) is -0.510. The number of piperazine rings is 1. The molecule has 1 aromatic carbocycles. The van der Waals surface area contributed by atoms with Gasteiger partial charge in [0.15, 0.2) is 0 Å². The highest BCUT2D eigenvalue weighted by Gasteiger charge is 2.44. The zero-order chi connectivity index (χ0) is 15.9. The Labute approximate surface area is 136 Å². The maximum absolute atomic E-state index is 12.0. The third-order valence-corrected chi connectivity index (χ3v) is 5.67. The Balaban J connectivity index is 1.54. The summed E-state index contributed by atoms with van der Waals surface area (Å²) in [5.41, 5.74) is 2.56. The van der Waals surface area contributed by atoms with Crippen LogP contribution in [0.4, 0.5) is 5.69 Å². The van der Waals surface area contributed by atoms with Gasteiger partial charge in [-0.1, -0.05) is 12.1 Å². The fraction of sp³-hybridized carbons (Fsp3) is 0.556. The minimum atomic E-state index is -0.192. The third-order valence-electron chi connectivity index (χ3n) is 5.67. The number of rotatable bonds is 2. The van der Waals surface area contributed by atoms with Crippen LogP contribution in [-0.2, 0) is 9.59 Å². The van der Waals surface area contributed by atoms with Crippen molar-refractivity contribution in [3.63, 3.8) is 0 Å². The summed E-state index contributed by atoms with van der Waals surface area (Å²) in [5, 5.41) is 5.96. The molecule has 23 heavy (non-hydrogen) atoms. The van der Waals surface area contributed by atoms with Crippen molar-refractivity contribution in [1.82, 2.24) is 10.6 Å². The molecule has 1 unspecified atom stereocenters. The number of carbonyl (C=O) groups excluding carboxylic acids is 2. The van der Waals surface area contributed by atoms with Gasteiger partial charge in [-0.05, 0) is 43.4 Å². The van der Waals surface area contributed by atoms with Gasteiger partial charge >= 0.3 is 0 Å². The van der Waals surface area contributed by atoms with Gasteiger partial charge in [0, 0.05) is 31.7 Å². The van der Waals surface area contributed by atoms with E-state index < -0.39 is 0 Å². The van der Waals surface area contributed by atoms with Gasteiger partial charge in [-0.15, -0.1) is 0 Å². The molecule has 5 heteroatoms. The van der Waals surface area contributed by atoms with Crippen LogP contribution in [-0.4, -0.2) is 37.0 Å². The van der Waals surface area contributed by atoms with Crippen LogP contribution in [0.3, 0.4) is 0 Å². The molecule has 2 heterocycles. The van der Waals surface area contributed by atoms with Crippen LogP contribution < -0.4 is 15.5 Å². The largest absolute Gasteiger partial charge is 0.363 e. The summed E-state index contributed by atoms with van der Waals surface area (Å²) in [6, 6.07) is 8.41. The van der Waals surface area contributed by atoms with Crippen molar-refractivity contribution in [3.05, 3.63) is 29.8 Å². The van der Waals surface area contributed by atoms with Crippen molar-refractivity contribution in [2.24, 2.45) is 0 Å². The number of anilines is 1. The molecular formula is C18H23N3O2. The van der Waals surface area contributed by atoms with E-state index in [1.54, 1.807) is 0 Å². The second-order valence-electron chi connectivity index (χ2n) is 7.00. The molecule has 1 aliphatic carbocycles. The fourth-order valence-corrected chi connectivity index (χ4v) is 4.18. The quantitative estimate of drug-likeness (QED) is 0.813. The van der Waals surface area contributed by atoms with Gasteiger partial charge in [0.2, 0.25) is 11.8 Å². The number of carbonyl (C=O) groups is 2. The van der Waals surface area contributed by atoms with E-state index in [4.69, 9.17) is 0 Å². The molecule has 0 bridgehead atoms. The zero-order valence-corrected chi connectivity index (χ0v) is 13.3. The molecule has 2 N–H and O–H groups in total. The molecule has 0 radical (unpaired) electrons. The smallest absolute Gasteiger partial charge is 0.234 e. The van der Waals surface area contributed by atoms with Gasteiger partial charge in [0.05, 0.1) is 11.5 Å². The Hall–Kier alpha value is -1.88. The first kappa shape index (κ1) is 14.7. The molecular weight excluding hydrogens is 290 g/mol. The first-order valence-corrected chi connectivity index (χ1v) is 8.60. The number of imide groups is 1. The lowest BCUT2D eigenvalue weighted by Crippen LogP contribution is -2.65. The molecule has 3 fully saturated rings. The van der Waals surface area contributed by atoms with E-state index in [0.717, 1.165) is 25.2 Å². The van der Waals surface area contributed by atoms with E-state index in [0.29, 0.717) is 18.4 Å². The second kappa shape index (κ2) is 5.64. The predicted octanol–water partition coefficient (Wildman–Crippen LogP) is 1.54. The molecule has 1 atom stereocenters. The molecule has 4 rings (SSSR count). The van der Waals surface area contributed by atoms with Crippen LogP contribution in [0.5, 0.6) is 0 Å². The number of nitrogens with zero attached hydrogens (tertiary/aromatic N) is 1. The van der Waals surface area contributed by atoms with E-state index in [1.807, 2.05) is 0 Å². The van der Waals surface area contributed by atoms with Gasteiger partial charge in [-0.25, -0.2) is 0 Å². The summed E-state index contributed by atoms with van der Waals surface area (Å²) in [6.45, 7) is 3.14. The van der Waals surface area contributed by atoms with Gasteiger partial charge < -0.3 is 10.2 Å². The van der Waals surface area contributed by atoms with Gasteiger partial charge in [0.25, 0.3) is 0 Å². The minimum Gasteiger partial charge on any atom is -0.363 e. The van der Waals surface area contributed by atoms with E-state index in [1.165, 1.54) is 24.9 Å². The van der Waals surface area contributed by atoms with Crippen molar-refractivity contribution in [2.45, 2.75) is 43.6 Å². The summed E-state index contributed by atoms with van der Waals surface area (Å²) < 4.78 is 0. The van der Waals surface area contributed by atoms with Crippen molar-refractivity contribution in [2.75, 3.05) is 24.5 Å². The lowest BCUT2D eigenvalue weighted by atomic mass is 9.74. The summed E-state index contributed by atoms with van der Waals surface area (Å²) in [4.78, 5) is 25.8. The number of hydrogen-bond donors (Lipinski definition) is 2. The Kier molecular flexibility index (Phi) is 3.60. The first-order valence-electron chi connectivity index (χ1n) is 8.60. The maximum atomic E-state index is 12.0. The van der Waals surface area contributed by atoms with Crippen LogP contribution in [0.2, 0.25) is 0 Å². The van der Waals surface area contributed by atoms with Crippen LogP contribution in [0.1, 0.15) is 43.6 Å². The van der Waals surface area contributed by atoms with Gasteiger partial charge in [0.1, 0.15) is 0 Å². The maximum Gasteiger partial charge on any atom is 0.234 e. The van der Waals surface area contributed by atoms with E-state index in [2.05, 4.69) is 39.8 Å². The third kappa shape index (κ3) is 2.53. The van der Waals surface area contributed by atoms with Crippen LogP contribution >= 0.6 is 0 Å². The lowest BCUT2D eigenvalue weighted by molar-refractivity contribution is -0.134. The highest BCUT2D eigenvalue weighted by Crippen LogP contribution is 2.41. The zero-order valence-electron chi connectivity index (χ0n) is 13.3. The monoisotopic (exact) mass is 313 g/mol. The highest BCUT2D eigenvalue weighted by atomic mass is 16.2. The standard InChI is InChI=1S/C18H23N3O2/c22-16-7-6-15(17(23)20-16)13-2-4-14(5-3-13)21-11-10-19-12-18(21)8-1-9-18/h2-5,15,19H,1,6-12H2,(H,20,22,23). The van der Waals surface area contributed by atoms with E-state index >= 15 is 0 Å². The van der Waals surface area contributed by atoms with Gasteiger partial charge in [-0.2, -0.15) is 0 Å². The molecule has 2 aliphatic heterocycles. The minimum absolute atomic E-state index is 0.157. The summed E-state index contributed by atoms with van der Waals surface area (Å²) in [7, 11) is 0. The van der Waals surface area contributed by atoms with E-state index in [9.17, 15) is 9.59 Å². The van der Waals surface area contributed by atoms with Crippen LogP contribution in [0.25, 0.3) is 0 Å². The molecule has 2 saturated heterocycles. The average Bonchev–Trinajstić information content (AvgIpc) is 2.54. The number of hydrogen-bond acceptors (Lipinski definition) is 4. The first-order chi connectivity index (χ1) is 11.2. The Bertz CT molecular complexity index is 622. The molecule has 5 nitrogen and oxygen atoms in total. The molecule has 3 aliphatic rings.